The van der Waals surface area contributed by atoms with Crippen molar-refractivity contribution < 1.29 is 9.59 Å². The zero-order chi connectivity index (χ0) is 20.0. The molecule has 6 heteroatoms. The molecule has 0 atom stereocenters. The molecule has 1 aromatic carbocycles. The molecule has 0 saturated heterocycles. The molecule has 0 bridgehead atoms. The van der Waals surface area contributed by atoms with Crippen molar-refractivity contribution in [2.24, 2.45) is 7.05 Å². The van der Waals surface area contributed by atoms with E-state index in [1.54, 1.807) is 16.6 Å². The van der Waals surface area contributed by atoms with Gasteiger partial charge in [-0.15, -0.1) is 0 Å². The first-order chi connectivity index (χ1) is 12.7. The van der Waals surface area contributed by atoms with Crippen molar-refractivity contribution in [3.05, 3.63) is 47.7 Å². The summed E-state index contributed by atoms with van der Waals surface area (Å²) < 4.78 is 1.66. The van der Waals surface area contributed by atoms with E-state index in [1.165, 1.54) is 0 Å². The summed E-state index contributed by atoms with van der Waals surface area (Å²) in [5, 5.41) is 7.34. The molecule has 2 rings (SSSR count). The summed E-state index contributed by atoms with van der Waals surface area (Å²) in [6, 6.07) is 11.5. The SMILES string of the molecule is CCCN(CC(=O)Nc1cc(C(C)(C)C)nn1C)C(=O)Cc1ccccc1. The van der Waals surface area contributed by atoms with E-state index in [0.717, 1.165) is 17.7 Å². The standard InChI is InChI=1S/C21H30N4O2/c1-6-12-25(20(27)13-16-10-8-7-9-11-16)15-19(26)22-18-14-17(21(2,3)4)23-24(18)5/h7-11,14H,6,12-13,15H2,1-5H3,(H,22,26). The Morgan fingerprint density at radius 3 is 2.41 bits per heavy atom. The number of amides is 2. The summed E-state index contributed by atoms with van der Waals surface area (Å²) in [4.78, 5) is 26.8. The minimum atomic E-state index is -0.215. The van der Waals surface area contributed by atoms with Gasteiger partial charge in [0.1, 0.15) is 5.82 Å². The predicted molar refractivity (Wildman–Crippen MR) is 108 cm³/mol. The molecular weight excluding hydrogens is 340 g/mol. The summed E-state index contributed by atoms with van der Waals surface area (Å²) in [7, 11) is 1.80. The third-order valence-electron chi connectivity index (χ3n) is 4.29. The second-order valence-corrected chi connectivity index (χ2v) is 7.81. The molecule has 27 heavy (non-hydrogen) atoms. The second kappa shape index (κ2) is 8.84. The number of carbonyl (C=O) groups excluding carboxylic acids is 2. The van der Waals surface area contributed by atoms with Crippen molar-refractivity contribution in [2.45, 2.75) is 46.0 Å². The highest BCUT2D eigenvalue weighted by atomic mass is 16.2. The first-order valence-corrected chi connectivity index (χ1v) is 9.36. The second-order valence-electron chi connectivity index (χ2n) is 7.81. The average Bonchev–Trinajstić information content (AvgIpc) is 2.96. The number of aryl methyl sites for hydroxylation is 1. The molecule has 0 aliphatic heterocycles. The number of rotatable bonds is 7. The van der Waals surface area contributed by atoms with Crippen LogP contribution >= 0.6 is 0 Å². The highest BCUT2D eigenvalue weighted by Gasteiger charge is 2.21. The van der Waals surface area contributed by atoms with Crippen molar-refractivity contribution in [1.82, 2.24) is 14.7 Å². The summed E-state index contributed by atoms with van der Waals surface area (Å²) >= 11 is 0. The van der Waals surface area contributed by atoms with Crippen LogP contribution in [0.3, 0.4) is 0 Å². The maximum absolute atomic E-state index is 12.6. The zero-order valence-corrected chi connectivity index (χ0v) is 17.0. The van der Waals surface area contributed by atoms with E-state index in [1.807, 2.05) is 43.3 Å². The summed E-state index contributed by atoms with van der Waals surface area (Å²) in [5.74, 6) is 0.379. The van der Waals surface area contributed by atoms with Crippen molar-refractivity contribution in [1.29, 1.82) is 0 Å². The Bertz CT molecular complexity index is 775. The van der Waals surface area contributed by atoms with Gasteiger partial charge in [0.05, 0.1) is 18.7 Å². The molecule has 0 spiro atoms. The van der Waals surface area contributed by atoms with Crippen LogP contribution < -0.4 is 5.32 Å². The van der Waals surface area contributed by atoms with Crippen molar-refractivity contribution in [3.63, 3.8) is 0 Å². The van der Waals surface area contributed by atoms with Crippen molar-refractivity contribution in [2.75, 3.05) is 18.4 Å². The van der Waals surface area contributed by atoms with E-state index >= 15 is 0 Å². The third kappa shape index (κ3) is 5.94. The quantitative estimate of drug-likeness (QED) is 0.814. The number of benzene rings is 1. The van der Waals surface area contributed by atoms with Gasteiger partial charge in [-0.05, 0) is 12.0 Å². The fourth-order valence-corrected chi connectivity index (χ4v) is 2.75. The summed E-state index contributed by atoms with van der Waals surface area (Å²) in [6.07, 6.45) is 1.10. The van der Waals surface area contributed by atoms with Gasteiger partial charge >= 0.3 is 0 Å². The monoisotopic (exact) mass is 370 g/mol. The highest BCUT2D eigenvalue weighted by Crippen LogP contribution is 2.23. The molecule has 0 aliphatic rings. The Balaban J connectivity index is 2.02. The summed E-state index contributed by atoms with van der Waals surface area (Å²) in [6.45, 7) is 8.81. The molecule has 6 nitrogen and oxygen atoms in total. The van der Waals surface area contributed by atoms with Gasteiger partial charge in [-0.3, -0.25) is 14.3 Å². The van der Waals surface area contributed by atoms with Gasteiger partial charge in [0, 0.05) is 25.1 Å². The molecule has 1 N–H and O–H groups in total. The molecule has 0 radical (unpaired) electrons. The maximum Gasteiger partial charge on any atom is 0.245 e. The number of carbonyl (C=O) groups is 2. The van der Waals surface area contributed by atoms with Crippen LogP contribution in [-0.4, -0.2) is 39.6 Å². The highest BCUT2D eigenvalue weighted by molar-refractivity contribution is 5.94. The Morgan fingerprint density at radius 1 is 1.19 bits per heavy atom. The lowest BCUT2D eigenvalue weighted by atomic mass is 9.92. The van der Waals surface area contributed by atoms with Crippen LogP contribution in [0.5, 0.6) is 0 Å². The minimum absolute atomic E-state index is 0.0372. The average molecular weight is 370 g/mol. The number of aromatic nitrogens is 2. The van der Waals surface area contributed by atoms with Crippen LogP contribution in [0, 0.1) is 0 Å². The Morgan fingerprint density at radius 2 is 1.85 bits per heavy atom. The van der Waals surface area contributed by atoms with E-state index in [-0.39, 0.29) is 23.8 Å². The number of nitrogens with zero attached hydrogens (tertiary/aromatic N) is 3. The van der Waals surface area contributed by atoms with E-state index in [4.69, 9.17) is 0 Å². The van der Waals surface area contributed by atoms with E-state index < -0.39 is 0 Å². The van der Waals surface area contributed by atoms with Crippen molar-refractivity contribution >= 4 is 17.6 Å². The van der Waals surface area contributed by atoms with Gasteiger partial charge in [-0.25, -0.2) is 0 Å². The first kappa shape index (κ1) is 20.7. The van der Waals surface area contributed by atoms with Crippen LogP contribution in [0.25, 0.3) is 0 Å². The number of hydrogen-bond donors (Lipinski definition) is 1. The Kier molecular flexibility index (Phi) is 6.77. The number of anilines is 1. The van der Waals surface area contributed by atoms with Crippen LogP contribution in [0.15, 0.2) is 36.4 Å². The van der Waals surface area contributed by atoms with Gasteiger partial charge in [-0.1, -0.05) is 58.0 Å². The fourth-order valence-electron chi connectivity index (χ4n) is 2.75. The largest absolute Gasteiger partial charge is 0.333 e. The minimum Gasteiger partial charge on any atom is -0.333 e. The lowest BCUT2D eigenvalue weighted by Gasteiger charge is -2.21. The van der Waals surface area contributed by atoms with E-state index in [2.05, 4.69) is 31.2 Å². The lowest BCUT2D eigenvalue weighted by Crippen LogP contribution is -2.39. The Hall–Kier alpha value is -2.63. The maximum atomic E-state index is 12.6. The molecular formula is C21H30N4O2. The molecule has 2 aromatic rings. The normalized spacial score (nSPS) is 11.3. The number of nitrogens with one attached hydrogen (secondary N) is 1. The molecule has 0 fully saturated rings. The van der Waals surface area contributed by atoms with Gasteiger partial charge in [-0.2, -0.15) is 5.10 Å². The molecule has 146 valence electrons. The van der Waals surface area contributed by atoms with Gasteiger partial charge < -0.3 is 10.2 Å². The molecule has 2 amide bonds. The zero-order valence-electron chi connectivity index (χ0n) is 17.0. The van der Waals surface area contributed by atoms with Crippen molar-refractivity contribution in [3.8, 4) is 0 Å². The van der Waals surface area contributed by atoms with E-state index in [9.17, 15) is 9.59 Å². The molecule has 0 aliphatic carbocycles. The molecule has 0 saturated carbocycles. The summed E-state index contributed by atoms with van der Waals surface area (Å²) in [5.41, 5.74) is 1.76. The van der Waals surface area contributed by atoms with Gasteiger partial charge in [0.25, 0.3) is 0 Å². The molecule has 1 heterocycles. The van der Waals surface area contributed by atoms with Crippen LogP contribution in [0.2, 0.25) is 0 Å². The molecule has 1 aromatic heterocycles. The van der Waals surface area contributed by atoms with Gasteiger partial charge in [0.2, 0.25) is 11.8 Å². The first-order valence-electron chi connectivity index (χ1n) is 9.36. The number of hydrogen-bond acceptors (Lipinski definition) is 3. The van der Waals surface area contributed by atoms with Crippen LogP contribution in [-0.2, 0) is 28.5 Å². The topological polar surface area (TPSA) is 67.2 Å². The van der Waals surface area contributed by atoms with Crippen LogP contribution in [0.1, 0.15) is 45.4 Å². The third-order valence-corrected chi connectivity index (χ3v) is 4.29. The van der Waals surface area contributed by atoms with Gasteiger partial charge in [0.15, 0.2) is 0 Å². The fraction of sp³-hybridized carbons (Fsp3) is 0.476. The molecule has 0 unspecified atom stereocenters. The van der Waals surface area contributed by atoms with E-state index in [0.29, 0.717) is 18.8 Å². The lowest BCUT2D eigenvalue weighted by molar-refractivity contribution is -0.134. The Labute approximate surface area is 161 Å². The smallest absolute Gasteiger partial charge is 0.245 e. The predicted octanol–water partition coefficient (Wildman–Crippen LogP) is 3.14. The van der Waals surface area contributed by atoms with Crippen LogP contribution in [0.4, 0.5) is 5.82 Å².